The molecule has 0 aromatic carbocycles. The lowest BCUT2D eigenvalue weighted by Crippen LogP contribution is -2.52. The zero-order valence-corrected chi connectivity index (χ0v) is 13.1. The van der Waals surface area contributed by atoms with Crippen molar-refractivity contribution in [2.75, 3.05) is 46.3 Å². The Morgan fingerprint density at radius 3 is 2.50 bits per heavy atom. The van der Waals surface area contributed by atoms with Crippen LogP contribution in [-0.2, 0) is 0 Å². The summed E-state index contributed by atoms with van der Waals surface area (Å²) in [5, 5.41) is 3.58. The molecule has 0 bridgehead atoms. The number of nitrogens with zero attached hydrogens (tertiary/aromatic N) is 2. The topological polar surface area (TPSA) is 18.5 Å². The summed E-state index contributed by atoms with van der Waals surface area (Å²) >= 11 is 0. The zero-order chi connectivity index (χ0) is 13.6. The molecule has 0 aromatic rings. The highest BCUT2D eigenvalue weighted by Gasteiger charge is 2.22. The molecular weight excluding hydrogens is 222 g/mol. The van der Waals surface area contributed by atoms with E-state index in [9.17, 15) is 0 Å². The molecule has 1 aliphatic heterocycles. The third-order valence-corrected chi connectivity index (χ3v) is 3.99. The summed E-state index contributed by atoms with van der Waals surface area (Å²) in [6, 6.07) is 0.758. The van der Waals surface area contributed by atoms with Gasteiger partial charge in [-0.1, -0.05) is 27.7 Å². The Balaban J connectivity index is 2.09. The summed E-state index contributed by atoms with van der Waals surface area (Å²) < 4.78 is 0. The Morgan fingerprint density at radius 1 is 1.17 bits per heavy atom. The first-order valence-electron chi connectivity index (χ1n) is 7.55. The highest BCUT2D eigenvalue weighted by atomic mass is 15.3. The van der Waals surface area contributed by atoms with Gasteiger partial charge in [0.15, 0.2) is 0 Å². The maximum absolute atomic E-state index is 3.58. The molecule has 108 valence electrons. The van der Waals surface area contributed by atoms with Crippen LogP contribution in [0.4, 0.5) is 0 Å². The number of hydrogen-bond acceptors (Lipinski definition) is 3. The minimum absolute atomic E-state index is 0.453. The maximum Gasteiger partial charge on any atom is 0.0218 e. The average molecular weight is 255 g/mol. The molecule has 0 aliphatic carbocycles. The second kappa shape index (κ2) is 7.46. The van der Waals surface area contributed by atoms with E-state index in [-0.39, 0.29) is 0 Å². The van der Waals surface area contributed by atoms with Gasteiger partial charge in [0.2, 0.25) is 0 Å². The van der Waals surface area contributed by atoms with Crippen molar-refractivity contribution in [3.63, 3.8) is 0 Å². The highest BCUT2D eigenvalue weighted by Crippen LogP contribution is 2.16. The van der Waals surface area contributed by atoms with E-state index in [0.717, 1.165) is 19.1 Å². The van der Waals surface area contributed by atoms with Gasteiger partial charge in [0, 0.05) is 38.8 Å². The van der Waals surface area contributed by atoms with E-state index < -0.39 is 0 Å². The van der Waals surface area contributed by atoms with Crippen molar-refractivity contribution in [1.82, 2.24) is 15.1 Å². The predicted octanol–water partition coefficient (Wildman–Crippen LogP) is 2.04. The van der Waals surface area contributed by atoms with Crippen LogP contribution in [0.25, 0.3) is 0 Å². The highest BCUT2D eigenvalue weighted by molar-refractivity contribution is 4.79. The largest absolute Gasteiger partial charge is 0.315 e. The van der Waals surface area contributed by atoms with Crippen LogP contribution in [-0.4, -0.2) is 62.2 Å². The lowest BCUT2D eigenvalue weighted by atomic mass is 9.92. The normalized spacial score (nSPS) is 23.5. The van der Waals surface area contributed by atoms with Gasteiger partial charge in [0.1, 0.15) is 0 Å². The van der Waals surface area contributed by atoms with E-state index >= 15 is 0 Å². The molecular formula is C15H33N3. The van der Waals surface area contributed by atoms with Gasteiger partial charge in [-0.05, 0) is 31.8 Å². The van der Waals surface area contributed by atoms with Crippen molar-refractivity contribution >= 4 is 0 Å². The van der Waals surface area contributed by atoms with Gasteiger partial charge >= 0.3 is 0 Å². The van der Waals surface area contributed by atoms with Gasteiger partial charge in [-0.25, -0.2) is 0 Å². The average Bonchev–Trinajstić information content (AvgIpc) is 2.29. The fourth-order valence-corrected chi connectivity index (χ4v) is 2.48. The van der Waals surface area contributed by atoms with E-state index in [4.69, 9.17) is 0 Å². The van der Waals surface area contributed by atoms with Gasteiger partial charge in [0.05, 0.1) is 0 Å². The van der Waals surface area contributed by atoms with Crippen LogP contribution in [0.5, 0.6) is 0 Å². The van der Waals surface area contributed by atoms with Crippen LogP contribution in [0.15, 0.2) is 0 Å². The Kier molecular flexibility index (Phi) is 6.61. The Morgan fingerprint density at radius 2 is 1.89 bits per heavy atom. The number of piperazine rings is 1. The van der Waals surface area contributed by atoms with Crippen molar-refractivity contribution in [2.24, 2.45) is 5.41 Å². The summed E-state index contributed by atoms with van der Waals surface area (Å²) in [7, 11) is 2.26. The summed E-state index contributed by atoms with van der Waals surface area (Å²) in [5.41, 5.74) is 0.453. The van der Waals surface area contributed by atoms with Gasteiger partial charge in [-0.15, -0.1) is 0 Å². The van der Waals surface area contributed by atoms with Crippen molar-refractivity contribution in [3.05, 3.63) is 0 Å². The molecule has 0 aromatic heterocycles. The summed E-state index contributed by atoms with van der Waals surface area (Å²) in [4.78, 5) is 5.11. The van der Waals surface area contributed by atoms with E-state index in [1.807, 2.05) is 0 Å². The van der Waals surface area contributed by atoms with Crippen molar-refractivity contribution in [1.29, 1.82) is 0 Å². The van der Waals surface area contributed by atoms with E-state index in [1.165, 1.54) is 39.0 Å². The van der Waals surface area contributed by atoms with Crippen LogP contribution >= 0.6 is 0 Å². The molecule has 1 heterocycles. The molecule has 3 heteroatoms. The fraction of sp³-hybridized carbons (Fsp3) is 1.00. The van der Waals surface area contributed by atoms with Gasteiger partial charge in [-0.2, -0.15) is 0 Å². The minimum Gasteiger partial charge on any atom is -0.315 e. The third-order valence-electron chi connectivity index (χ3n) is 3.99. The van der Waals surface area contributed by atoms with Crippen molar-refractivity contribution < 1.29 is 0 Å². The summed E-state index contributed by atoms with van der Waals surface area (Å²) in [5.74, 6) is 0. The molecule has 1 fully saturated rings. The van der Waals surface area contributed by atoms with Crippen molar-refractivity contribution in [2.45, 2.75) is 46.6 Å². The van der Waals surface area contributed by atoms with E-state index in [1.54, 1.807) is 0 Å². The number of nitrogens with one attached hydrogen (secondary N) is 1. The second-order valence-electron chi connectivity index (χ2n) is 6.90. The number of rotatable bonds is 6. The Hall–Kier alpha value is -0.120. The molecule has 0 spiro atoms. The molecule has 0 radical (unpaired) electrons. The van der Waals surface area contributed by atoms with Gasteiger partial charge in [0.25, 0.3) is 0 Å². The molecule has 1 saturated heterocycles. The minimum atomic E-state index is 0.453. The maximum atomic E-state index is 3.58. The molecule has 1 unspecified atom stereocenters. The van der Waals surface area contributed by atoms with Crippen LogP contribution in [0.3, 0.4) is 0 Å². The zero-order valence-electron chi connectivity index (χ0n) is 13.1. The molecule has 1 N–H and O–H groups in total. The quantitative estimate of drug-likeness (QED) is 0.733. The summed E-state index contributed by atoms with van der Waals surface area (Å²) in [6.07, 6.45) is 2.53. The Bertz CT molecular complexity index is 222. The van der Waals surface area contributed by atoms with E-state index in [0.29, 0.717) is 5.41 Å². The SMILES string of the molecule is CCC1CN(CCNCCC(C)(C)C)CCN1C. The molecule has 18 heavy (non-hydrogen) atoms. The van der Waals surface area contributed by atoms with Crippen LogP contribution in [0.1, 0.15) is 40.5 Å². The third kappa shape index (κ3) is 6.17. The Labute approximate surface area is 114 Å². The van der Waals surface area contributed by atoms with E-state index in [2.05, 4.69) is 49.9 Å². The monoisotopic (exact) mass is 255 g/mol. The first-order chi connectivity index (χ1) is 8.42. The standard InChI is InChI=1S/C15H33N3/c1-6-14-13-18(12-11-17(14)5)10-9-16-8-7-15(2,3)4/h14,16H,6-13H2,1-5H3. The molecule has 1 rings (SSSR count). The fourth-order valence-electron chi connectivity index (χ4n) is 2.48. The molecule has 0 saturated carbocycles. The second-order valence-corrected chi connectivity index (χ2v) is 6.90. The lowest BCUT2D eigenvalue weighted by molar-refractivity contribution is 0.0938. The first-order valence-corrected chi connectivity index (χ1v) is 7.55. The van der Waals surface area contributed by atoms with Crippen molar-refractivity contribution in [3.8, 4) is 0 Å². The smallest absolute Gasteiger partial charge is 0.0218 e. The predicted molar refractivity (Wildman–Crippen MR) is 80.1 cm³/mol. The van der Waals surface area contributed by atoms with Gasteiger partial charge < -0.3 is 10.2 Å². The molecule has 1 aliphatic rings. The van der Waals surface area contributed by atoms with Crippen LogP contribution < -0.4 is 5.32 Å². The number of hydrogen-bond donors (Lipinski definition) is 1. The molecule has 1 atom stereocenters. The molecule has 0 amide bonds. The first kappa shape index (κ1) is 15.9. The van der Waals surface area contributed by atoms with Gasteiger partial charge in [-0.3, -0.25) is 4.90 Å². The number of likely N-dealkylation sites (N-methyl/N-ethyl adjacent to an activating group) is 1. The molecule has 3 nitrogen and oxygen atoms in total. The summed E-state index contributed by atoms with van der Waals surface area (Å²) in [6.45, 7) is 16.4. The van der Waals surface area contributed by atoms with Crippen LogP contribution in [0.2, 0.25) is 0 Å². The van der Waals surface area contributed by atoms with Crippen LogP contribution in [0, 0.1) is 5.41 Å². The lowest BCUT2D eigenvalue weighted by Gasteiger charge is -2.39.